The van der Waals surface area contributed by atoms with Crippen LogP contribution < -0.4 is 5.73 Å². The van der Waals surface area contributed by atoms with Gasteiger partial charge in [0.25, 0.3) is 0 Å². The summed E-state index contributed by atoms with van der Waals surface area (Å²) in [5.41, 5.74) is 3.08. The normalized spacial score (nSPS) is 10.4. The van der Waals surface area contributed by atoms with Crippen molar-refractivity contribution in [1.82, 2.24) is 9.97 Å². The molecule has 0 unspecified atom stereocenters. The minimum absolute atomic E-state index is 0.454. The highest BCUT2D eigenvalue weighted by molar-refractivity contribution is 5.92. The maximum Gasteiger partial charge on any atom is 0.341 e. The quantitative estimate of drug-likeness (QED) is 0.649. The minimum atomic E-state index is -1.47. The number of rotatable bonds is 3. The lowest BCUT2D eigenvalue weighted by Crippen LogP contribution is -2.08. The fourth-order valence-corrected chi connectivity index (χ4v) is 1.57. The zero-order valence-electron chi connectivity index (χ0n) is 10.1. The van der Waals surface area contributed by atoms with Gasteiger partial charge in [0.1, 0.15) is 17.2 Å². The number of carboxylic acid groups (broad SMARTS) is 1. The van der Waals surface area contributed by atoms with Crippen molar-refractivity contribution in [3.05, 3.63) is 45.6 Å². The van der Waals surface area contributed by atoms with Crippen LogP contribution in [0, 0.1) is 21.7 Å². The van der Waals surface area contributed by atoms with E-state index >= 15 is 0 Å². The third kappa shape index (κ3) is 2.45. The molecule has 0 atom stereocenters. The number of nitrogens with two attached hydrogens (primary N) is 1. The maximum atomic E-state index is 13.9. The van der Waals surface area contributed by atoms with Crippen molar-refractivity contribution in [3.8, 4) is 11.4 Å². The van der Waals surface area contributed by atoms with Crippen molar-refractivity contribution in [2.45, 2.75) is 0 Å². The molecule has 8 nitrogen and oxygen atoms in total. The van der Waals surface area contributed by atoms with Gasteiger partial charge in [-0.2, -0.15) is 4.39 Å². The summed E-state index contributed by atoms with van der Waals surface area (Å²) in [6, 6.07) is 1.34. The van der Waals surface area contributed by atoms with Gasteiger partial charge in [0, 0.05) is 12.3 Å². The van der Waals surface area contributed by atoms with E-state index in [-0.39, 0.29) is 0 Å². The first-order valence-corrected chi connectivity index (χ1v) is 5.31. The summed E-state index contributed by atoms with van der Waals surface area (Å²) >= 11 is 0. The van der Waals surface area contributed by atoms with Crippen LogP contribution >= 0.6 is 0 Å². The van der Waals surface area contributed by atoms with Gasteiger partial charge in [-0.25, -0.2) is 19.2 Å². The fraction of sp³-hybridized carbons (Fsp3) is 0. The van der Waals surface area contributed by atoms with E-state index in [0.29, 0.717) is 12.1 Å². The molecule has 2 aromatic rings. The monoisotopic (exact) mass is 296 g/mol. The Balaban J connectivity index is 2.67. The predicted octanol–water partition coefficient (Wildman–Crippen LogP) is 1.61. The van der Waals surface area contributed by atoms with Crippen LogP contribution in [0.25, 0.3) is 11.4 Å². The Morgan fingerprint density at radius 2 is 2.05 bits per heavy atom. The summed E-state index contributed by atoms with van der Waals surface area (Å²) < 4.78 is 27.6. The Labute approximate surface area is 115 Å². The molecule has 0 amide bonds. The van der Waals surface area contributed by atoms with Gasteiger partial charge in [0.2, 0.25) is 5.82 Å². The molecule has 0 saturated heterocycles. The van der Waals surface area contributed by atoms with Gasteiger partial charge in [-0.3, -0.25) is 10.1 Å². The number of nitro benzene ring substituents is 1. The van der Waals surface area contributed by atoms with Crippen LogP contribution in [0.15, 0.2) is 18.3 Å². The molecule has 0 fully saturated rings. The fourth-order valence-electron chi connectivity index (χ4n) is 1.57. The van der Waals surface area contributed by atoms with Crippen LogP contribution in [0.1, 0.15) is 10.4 Å². The summed E-state index contributed by atoms with van der Waals surface area (Å²) in [7, 11) is 0. The Morgan fingerprint density at radius 3 is 2.57 bits per heavy atom. The molecule has 1 aromatic carbocycles. The van der Waals surface area contributed by atoms with Gasteiger partial charge in [-0.1, -0.05) is 0 Å². The van der Waals surface area contributed by atoms with E-state index in [1.54, 1.807) is 0 Å². The van der Waals surface area contributed by atoms with Crippen LogP contribution in [-0.2, 0) is 0 Å². The van der Waals surface area contributed by atoms with Gasteiger partial charge in [0.15, 0.2) is 5.82 Å². The van der Waals surface area contributed by atoms with E-state index in [1.807, 2.05) is 0 Å². The van der Waals surface area contributed by atoms with Crippen LogP contribution in [-0.4, -0.2) is 26.0 Å². The molecule has 3 N–H and O–H groups in total. The van der Waals surface area contributed by atoms with Crippen molar-refractivity contribution in [2.75, 3.05) is 5.73 Å². The molecule has 1 aromatic heterocycles. The van der Waals surface area contributed by atoms with Crippen molar-refractivity contribution < 1.29 is 23.6 Å². The van der Waals surface area contributed by atoms with Crippen LogP contribution in [0.5, 0.6) is 0 Å². The number of benzene rings is 1. The smallest absolute Gasteiger partial charge is 0.341 e. The lowest BCUT2D eigenvalue weighted by molar-refractivity contribution is -0.387. The average Bonchev–Trinajstić information content (AvgIpc) is 2.37. The van der Waals surface area contributed by atoms with E-state index in [9.17, 15) is 23.7 Å². The van der Waals surface area contributed by atoms with Crippen molar-refractivity contribution in [1.29, 1.82) is 0 Å². The first-order chi connectivity index (χ1) is 9.82. The number of carbonyl (C=O) groups is 1. The number of nitrogen functional groups attached to an aromatic ring is 1. The maximum absolute atomic E-state index is 13.9. The van der Waals surface area contributed by atoms with Gasteiger partial charge < -0.3 is 10.8 Å². The average molecular weight is 296 g/mol. The molecule has 21 heavy (non-hydrogen) atoms. The highest BCUT2D eigenvalue weighted by Crippen LogP contribution is 2.30. The number of aromatic carboxylic acids is 1. The van der Waals surface area contributed by atoms with E-state index in [2.05, 4.69) is 9.97 Å². The van der Waals surface area contributed by atoms with Gasteiger partial charge >= 0.3 is 11.7 Å². The van der Waals surface area contributed by atoms with Gasteiger partial charge in [0.05, 0.1) is 10.5 Å². The number of halogens is 2. The molecule has 0 bridgehead atoms. The molecule has 0 aliphatic carbocycles. The highest BCUT2D eigenvalue weighted by atomic mass is 19.1. The third-order valence-electron chi connectivity index (χ3n) is 2.54. The molecule has 0 radical (unpaired) electrons. The molecule has 10 heteroatoms. The number of nitrogens with zero attached hydrogens (tertiary/aromatic N) is 3. The number of carboxylic acids is 1. The second kappa shape index (κ2) is 5.07. The molecule has 0 saturated carbocycles. The van der Waals surface area contributed by atoms with Crippen LogP contribution in [0.4, 0.5) is 20.3 Å². The second-order valence-electron chi connectivity index (χ2n) is 3.81. The van der Waals surface area contributed by atoms with Gasteiger partial charge in [-0.05, 0) is 6.07 Å². The minimum Gasteiger partial charge on any atom is -0.477 e. The van der Waals surface area contributed by atoms with Crippen molar-refractivity contribution in [3.63, 3.8) is 0 Å². The third-order valence-corrected chi connectivity index (χ3v) is 2.54. The SMILES string of the molecule is Nc1nc(-c2c(F)ccc([N+](=O)[O-])c2F)ncc1C(=O)O. The topological polar surface area (TPSA) is 132 Å². The van der Waals surface area contributed by atoms with E-state index in [1.165, 1.54) is 0 Å². The highest BCUT2D eigenvalue weighted by Gasteiger charge is 2.25. The standard InChI is InChI=1S/C11H6F2N4O4/c12-5-1-2-6(17(20)21)8(13)7(5)10-15-3-4(11(18)19)9(14)16-10/h1-3H,(H,18,19)(H2,14,15,16). The van der Waals surface area contributed by atoms with Crippen molar-refractivity contribution in [2.24, 2.45) is 0 Å². The Morgan fingerprint density at radius 1 is 1.38 bits per heavy atom. The van der Waals surface area contributed by atoms with Crippen LogP contribution in [0.2, 0.25) is 0 Å². The first kappa shape index (κ1) is 14.2. The molecular weight excluding hydrogens is 290 g/mol. The largest absolute Gasteiger partial charge is 0.477 e. The molecule has 2 rings (SSSR count). The molecule has 108 valence electrons. The number of nitro groups is 1. The summed E-state index contributed by atoms with van der Waals surface area (Å²) in [5.74, 6) is -5.13. The van der Waals surface area contributed by atoms with Gasteiger partial charge in [-0.15, -0.1) is 0 Å². The predicted molar refractivity (Wildman–Crippen MR) is 65.4 cm³/mol. The Kier molecular flexibility index (Phi) is 3.44. The lowest BCUT2D eigenvalue weighted by atomic mass is 10.1. The summed E-state index contributed by atoms with van der Waals surface area (Å²) in [6.07, 6.45) is 0.762. The van der Waals surface area contributed by atoms with E-state index in [0.717, 1.165) is 6.20 Å². The number of hydrogen-bond donors (Lipinski definition) is 2. The zero-order chi connectivity index (χ0) is 15.7. The van der Waals surface area contributed by atoms with E-state index in [4.69, 9.17) is 10.8 Å². The summed E-state index contributed by atoms with van der Waals surface area (Å²) in [5, 5.41) is 19.4. The van der Waals surface area contributed by atoms with Crippen LogP contribution in [0.3, 0.4) is 0 Å². The zero-order valence-corrected chi connectivity index (χ0v) is 10.1. The lowest BCUT2D eigenvalue weighted by Gasteiger charge is -2.06. The Bertz CT molecular complexity index is 766. The van der Waals surface area contributed by atoms with Crippen molar-refractivity contribution >= 4 is 17.5 Å². The van der Waals surface area contributed by atoms with E-state index < -0.39 is 51.0 Å². The molecule has 1 heterocycles. The summed E-state index contributed by atoms with van der Waals surface area (Å²) in [6.45, 7) is 0. The first-order valence-electron chi connectivity index (χ1n) is 5.31. The molecule has 0 aliphatic rings. The second-order valence-corrected chi connectivity index (χ2v) is 3.81. The molecule has 0 spiro atoms. The molecule has 0 aliphatic heterocycles. The summed E-state index contributed by atoms with van der Waals surface area (Å²) in [4.78, 5) is 27.3. The number of anilines is 1. The number of hydrogen-bond acceptors (Lipinski definition) is 6. The number of aromatic nitrogens is 2. The Hall–Kier alpha value is -3.17. The molecular formula is C11H6F2N4O4.